The minimum Gasteiger partial charge on any atom is -0.347 e. The van der Waals surface area contributed by atoms with Gasteiger partial charge in [-0.15, -0.1) is 0 Å². The van der Waals surface area contributed by atoms with E-state index in [0.29, 0.717) is 17.5 Å². The predicted molar refractivity (Wildman–Crippen MR) is 106 cm³/mol. The summed E-state index contributed by atoms with van der Waals surface area (Å²) in [5.41, 5.74) is 3.12. The Hall–Kier alpha value is -2.95. The second-order valence-corrected chi connectivity index (χ2v) is 7.97. The van der Waals surface area contributed by atoms with E-state index in [1.54, 1.807) is 24.3 Å². The molecule has 0 radical (unpaired) electrons. The molecule has 1 aliphatic heterocycles. The summed E-state index contributed by atoms with van der Waals surface area (Å²) >= 11 is 0. The topological polar surface area (TPSA) is 66.5 Å². The molecule has 0 fully saturated rings. The highest BCUT2D eigenvalue weighted by molar-refractivity contribution is 6.22. The molecule has 4 rings (SSSR count). The standard InChI is InChI=1S/C23H24N2O3/c1-14(2)13-20(25-22(27)17-9-5-6-10-18(17)23(25)28)21(26)24-19-12-11-15-7-3-4-8-16(15)19/h3-10,14,19-20H,11-13H2,1-2H3,(H,24,26)/t19-,20+/m1/s1. The predicted octanol–water partition coefficient (Wildman–Crippen LogP) is 3.50. The molecule has 2 aliphatic rings. The zero-order valence-corrected chi connectivity index (χ0v) is 16.1. The summed E-state index contributed by atoms with van der Waals surface area (Å²) in [6, 6.07) is 14.0. The average Bonchev–Trinajstić information content (AvgIpc) is 3.20. The van der Waals surface area contributed by atoms with E-state index in [0.717, 1.165) is 23.3 Å². The minimum atomic E-state index is -0.805. The van der Waals surface area contributed by atoms with Gasteiger partial charge >= 0.3 is 0 Å². The number of hydrogen-bond acceptors (Lipinski definition) is 3. The van der Waals surface area contributed by atoms with Gasteiger partial charge in [-0.05, 0) is 48.4 Å². The molecule has 5 nitrogen and oxygen atoms in total. The molecule has 2 aromatic carbocycles. The largest absolute Gasteiger partial charge is 0.347 e. The molecule has 28 heavy (non-hydrogen) atoms. The maximum Gasteiger partial charge on any atom is 0.262 e. The van der Waals surface area contributed by atoms with Crippen molar-refractivity contribution in [2.24, 2.45) is 5.92 Å². The van der Waals surface area contributed by atoms with Crippen molar-refractivity contribution in [3.63, 3.8) is 0 Å². The zero-order chi connectivity index (χ0) is 19.8. The van der Waals surface area contributed by atoms with E-state index in [1.807, 2.05) is 32.0 Å². The van der Waals surface area contributed by atoms with Gasteiger partial charge in [-0.25, -0.2) is 0 Å². The quantitative estimate of drug-likeness (QED) is 0.812. The van der Waals surface area contributed by atoms with Crippen LogP contribution >= 0.6 is 0 Å². The highest BCUT2D eigenvalue weighted by Gasteiger charge is 2.43. The number of aryl methyl sites for hydroxylation is 1. The number of nitrogens with one attached hydrogen (secondary N) is 1. The number of carbonyl (C=O) groups excluding carboxylic acids is 3. The molecule has 0 unspecified atom stereocenters. The van der Waals surface area contributed by atoms with Crippen molar-refractivity contribution in [3.05, 3.63) is 70.8 Å². The average molecular weight is 376 g/mol. The first-order valence-electron chi connectivity index (χ1n) is 9.82. The number of amides is 3. The number of benzene rings is 2. The molecule has 5 heteroatoms. The van der Waals surface area contributed by atoms with Crippen molar-refractivity contribution in [2.45, 2.75) is 45.2 Å². The number of hydrogen-bond donors (Lipinski definition) is 1. The molecular formula is C23H24N2O3. The van der Waals surface area contributed by atoms with E-state index in [9.17, 15) is 14.4 Å². The summed E-state index contributed by atoms with van der Waals surface area (Å²) in [5, 5.41) is 3.10. The van der Waals surface area contributed by atoms with Gasteiger partial charge in [-0.3, -0.25) is 19.3 Å². The third kappa shape index (κ3) is 3.11. The maximum atomic E-state index is 13.2. The normalized spacial score (nSPS) is 19.0. The highest BCUT2D eigenvalue weighted by Crippen LogP contribution is 2.32. The fourth-order valence-electron chi connectivity index (χ4n) is 4.24. The van der Waals surface area contributed by atoms with Crippen LogP contribution in [0.5, 0.6) is 0 Å². The van der Waals surface area contributed by atoms with Crippen molar-refractivity contribution in [2.75, 3.05) is 0 Å². The van der Waals surface area contributed by atoms with Gasteiger partial charge < -0.3 is 5.32 Å². The van der Waals surface area contributed by atoms with Crippen molar-refractivity contribution in [3.8, 4) is 0 Å². The van der Waals surface area contributed by atoms with Crippen LogP contribution in [0.15, 0.2) is 48.5 Å². The molecule has 1 N–H and O–H groups in total. The first kappa shape index (κ1) is 18.4. The lowest BCUT2D eigenvalue weighted by Crippen LogP contribution is -2.50. The lowest BCUT2D eigenvalue weighted by Gasteiger charge is -2.28. The fraction of sp³-hybridized carbons (Fsp3) is 0.348. The Labute approximate surface area is 164 Å². The van der Waals surface area contributed by atoms with Crippen LogP contribution in [0.4, 0.5) is 0 Å². The fourth-order valence-corrected chi connectivity index (χ4v) is 4.24. The second-order valence-electron chi connectivity index (χ2n) is 7.97. The first-order valence-corrected chi connectivity index (χ1v) is 9.82. The molecule has 0 saturated heterocycles. The van der Waals surface area contributed by atoms with Gasteiger partial charge in [0.25, 0.3) is 11.8 Å². The monoisotopic (exact) mass is 376 g/mol. The van der Waals surface area contributed by atoms with Crippen LogP contribution in [0.2, 0.25) is 0 Å². The number of nitrogens with zero attached hydrogens (tertiary/aromatic N) is 1. The molecule has 0 aromatic heterocycles. The van der Waals surface area contributed by atoms with Crippen molar-refractivity contribution in [1.82, 2.24) is 10.2 Å². The Morgan fingerprint density at radius 1 is 1.04 bits per heavy atom. The molecule has 3 amide bonds. The van der Waals surface area contributed by atoms with Crippen LogP contribution in [-0.4, -0.2) is 28.7 Å². The van der Waals surface area contributed by atoms with E-state index in [-0.39, 0.29) is 29.7 Å². The molecule has 0 spiro atoms. The molecular weight excluding hydrogens is 352 g/mol. The van der Waals surface area contributed by atoms with Gasteiger partial charge in [0.15, 0.2) is 0 Å². The Bertz CT molecular complexity index is 915. The van der Waals surface area contributed by atoms with E-state index in [1.165, 1.54) is 5.56 Å². The number of imide groups is 1. The van der Waals surface area contributed by atoms with Crippen LogP contribution in [0.1, 0.15) is 64.6 Å². The summed E-state index contributed by atoms with van der Waals surface area (Å²) < 4.78 is 0. The SMILES string of the molecule is CC(C)C[C@@H](C(=O)N[C@@H]1CCc2ccccc21)N1C(=O)c2ccccc2C1=O. The molecule has 144 valence electrons. The third-order valence-electron chi connectivity index (χ3n) is 5.58. The Morgan fingerprint density at radius 2 is 1.64 bits per heavy atom. The van der Waals surface area contributed by atoms with E-state index < -0.39 is 6.04 Å². The highest BCUT2D eigenvalue weighted by atomic mass is 16.2. The summed E-state index contributed by atoms with van der Waals surface area (Å²) in [6.07, 6.45) is 2.19. The lowest BCUT2D eigenvalue weighted by atomic mass is 10.0. The molecule has 1 heterocycles. The maximum absolute atomic E-state index is 13.2. The van der Waals surface area contributed by atoms with Crippen molar-refractivity contribution < 1.29 is 14.4 Å². The summed E-state index contributed by atoms with van der Waals surface area (Å²) in [7, 11) is 0. The van der Waals surface area contributed by atoms with Crippen LogP contribution in [-0.2, 0) is 11.2 Å². The van der Waals surface area contributed by atoms with E-state index >= 15 is 0 Å². The van der Waals surface area contributed by atoms with E-state index in [4.69, 9.17) is 0 Å². The van der Waals surface area contributed by atoms with E-state index in [2.05, 4.69) is 11.4 Å². The van der Waals surface area contributed by atoms with Crippen molar-refractivity contribution in [1.29, 1.82) is 0 Å². The first-order chi connectivity index (χ1) is 13.5. The lowest BCUT2D eigenvalue weighted by molar-refractivity contribution is -0.126. The molecule has 0 saturated carbocycles. The van der Waals surface area contributed by atoms with Gasteiger partial charge in [-0.1, -0.05) is 50.2 Å². The summed E-state index contributed by atoms with van der Waals surface area (Å²) in [4.78, 5) is 40.2. The van der Waals surface area contributed by atoms with Crippen LogP contribution in [0.25, 0.3) is 0 Å². The Kier molecular flexibility index (Phi) is 4.75. The summed E-state index contributed by atoms with van der Waals surface area (Å²) in [6.45, 7) is 3.98. The Balaban J connectivity index is 1.60. The third-order valence-corrected chi connectivity index (χ3v) is 5.58. The Morgan fingerprint density at radius 3 is 2.29 bits per heavy atom. The van der Waals surface area contributed by atoms with Crippen LogP contribution in [0, 0.1) is 5.92 Å². The number of rotatable bonds is 5. The molecule has 2 aromatic rings. The molecule has 2 atom stereocenters. The van der Waals surface area contributed by atoms with Gasteiger partial charge in [-0.2, -0.15) is 0 Å². The number of carbonyl (C=O) groups is 3. The van der Waals surface area contributed by atoms with Gasteiger partial charge in [0.05, 0.1) is 17.2 Å². The van der Waals surface area contributed by atoms with Gasteiger partial charge in [0, 0.05) is 0 Å². The van der Waals surface area contributed by atoms with Crippen LogP contribution < -0.4 is 5.32 Å². The van der Waals surface area contributed by atoms with Crippen LogP contribution in [0.3, 0.4) is 0 Å². The molecule has 1 aliphatic carbocycles. The second kappa shape index (κ2) is 7.23. The van der Waals surface area contributed by atoms with Gasteiger partial charge in [0.2, 0.25) is 5.91 Å². The minimum absolute atomic E-state index is 0.0754. The van der Waals surface area contributed by atoms with Gasteiger partial charge in [0.1, 0.15) is 6.04 Å². The smallest absolute Gasteiger partial charge is 0.262 e. The van der Waals surface area contributed by atoms with Crippen molar-refractivity contribution >= 4 is 17.7 Å². The summed E-state index contributed by atoms with van der Waals surface area (Å²) in [5.74, 6) is -0.859. The molecule has 0 bridgehead atoms. The zero-order valence-electron chi connectivity index (χ0n) is 16.1. The number of fused-ring (bicyclic) bond motifs is 2.